The van der Waals surface area contributed by atoms with Crippen LogP contribution in [0, 0.1) is 11.8 Å². The lowest BCUT2D eigenvalue weighted by atomic mass is 9.78. The summed E-state index contributed by atoms with van der Waals surface area (Å²) in [6.45, 7) is 4.51. The zero-order valence-electron chi connectivity index (χ0n) is 8.29. The highest BCUT2D eigenvalue weighted by Crippen LogP contribution is 2.27. The molecule has 0 heterocycles. The molecule has 3 unspecified atom stereocenters. The molecule has 0 bridgehead atoms. The third kappa shape index (κ3) is 2.76. The highest BCUT2D eigenvalue weighted by atomic mass is 14.7. The maximum absolute atomic E-state index is 6.03. The quantitative estimate of drug-likeness (QED) is 0.659. The topological polar surface area (TPSA) is 52.0 Å². The van der Waals surface area contributed by atoms with Crippen LogP contribution < -0.4 is 11.5 Å². The summed E-state index contributed by atoms with van der Waals surface area (Å²) in [5.41, 5.74) is 11.9. The fourth-order valence-corrected chi connectivity index (χ4v) is 2.20. The summed E-state index contributed by atoms with van der Waals surface area (Å²) in [5.74, 6) is 1.43. The van der Waals surface area contributed by atoms with Gasteiger partial charge in [-0.1, -0.05) is 13.8 Å². The SMILES string of the molecule is CC(C)CC1CC(N)CCC1N. The van der Waals surface area contributed by atoms with E-state index in [0.29, 0.717) is 18.0 Å². The van der Waals surface area contributed by atoms with Gasteiger partial charge >= 0.3 is 0 Å². The zero-order chi connectivity index (χ0) is 9.14. The van der Waals surface area contributed by atoms with Crippen molar-refractivity contribution in [1.82, 2.24) is 0 Å². The summed E-state index contributed by atoms with van der Waals surface area (Å²) in [6.07, 6.45) is 4.63. The Balaban J connectivity index is 2.38. The van der Waals surface area contributed by atoms with Gasteiger partial charge in [-0.25, -0.2) is 0 Å². The first-order valence-corrected chi connectivity index (χ1v) is 5.10. The van der Waals surface area contributed by atoms with E-state index in [9.17, 15) is 0 Å². The summed E-state index contributed by atoms with van der Waals surface area (Å²) in [4.78, 5) is 0. The summed E-state index contributed by atoms with van der Waals surface area (Å²) in [6, 6.07) is 0.820. The number of hydrogen-bond acceptors (Lipinski definition) is 2. The largest absolute Gasteiger partial charge is 0.328 e. The first-order valence-electron chi connectivity index (χ1n) is 5.10. The summed E-state index contributed by atoms with van der Waals surface area (Å²) >= 11 is 0. The summed E-state index contributed by atoms with van der Waals surface area (Å²) < 4.78 is 0. The van der Waals surface area contributed by atoms with Crippen molar-refractivity contribution in [1.29, 1.82) is 0 Å². The van der Waals surface area contributed by atoms with Crippen molar-refractivity contribution in [3.8, 4) is 0 Å². The van der Waals surface area contributed by atoms with Gasteiger partial charge in [-0.3, -0.25) is 0 Å². The lowest BCUT2D eigenvalue weighted by molar-refractivity contribution is 0.243. The normalized spacial score (nSPS) is 37.2. The van der Waals surface area contributed by atoms with E-state index >= 15 is 0 Å². The standard InChI is InChI=1S/C10H22N2/c1-7(2)5-8-6-9(11)3-4-10(8)12/h7-10H,3-6,11-12H2,1-2H3. The molecule has 2 heteroatoms. The van der Waals surface area contributed by atoms with Crippen LogP contribution in [0.1, 0.15) is 39.5 Å². The maximum Gasteiger partial charge on any atom is 0.00684 e. The van der Waals surface area contributed by atoms with Crippen molar-refractivity contribution in [2.24, 2.45) is 23.3 Å². The predicted octanol–water partition coefficient (Wildman–Crippen LogP) is 1.49. The van der Waals surface area contributed by atoms with Crippen molar-refractivity contribution >= 4 is 0 Å². The second kappa shape index (κ2) is 4.24. The molecule has 1 aliphatic rings. The molecule has 0 aromatic rings. The van der Waals surface area contributed by atoms with E-state index in [1.165, 1.54) is 6.42 Å². The minimum absolute atomic E-state index is 0.409. The summed E-state index contributed by atoms with van der Waals surface area (Å²) in [5, 5.41) is 0. The molecule has 0 amide bonds. The molecule has 0 aromatic heterocycles. The molecule has 0 spiro atoms. The molecule has 1 saturated carbocycles. The third-order valence-electron chi connectivity index (χ3n) is 2.86. The Morgan fingerprint density at radius 1 is 1.25 bits per heavy atom. The van der Waals surface area contributed by atoms with Crippen molar-refractivity contribution in [2.45, 2.75) is 51.6 Å². The molecule has 0 radical (unpaired) electrons. The molecule has 1 aliphatic carbocycles. The van der Waals surface area contributed by atoms with E-state index < -0.39 is 0 Å². The lowest BCUT2D eigenvalue weighted by Gasteiger charge is -2.33. The molecule has 72 valence electrons. The number of rotatable bonds is 2. The van der Waals surface area contributed by atoms with Crippen molar-refractivity contribution in [2.75, 3.05) is 0 Å². The van der Waals surface area contributed by atoms with Gasteiger partial charge in [0, 0.05) is 12.1 Å². The van der Waals surface area contributed by atoms with E-state index in [-0.39, 0.29) is 0 Å². The van der Waals surface area contributed by atoms with Gasteiger partial charge in [0.25, 0.3) is 0 Å². The second-order valence-electron chi connectivity index (χ2n) is 4.63. The van der Waals surface area contributed by atoms with Crippen LogP contribution in [0.3, 0.4) is 0 Å². The maximum atomic E-state index is 6.03. The third-order valence-corrected chi connectivity index (χ3v) is 2.86. The summed E-state index contributed by atoms with van der Waals surface area (Å²) in [7, 11) is 0. The highest BCUT2D eigenvalue weighted by molar-refractivity contribution is 4.84. The van der Waals surface area contributed by atoms with Gasteiger partial charge in [-0.15, -0.1) is 0 Å². The van der Waals surface area contributed by atoms with Gasteiger partial charge in [0.15, 0.2) is 0 Å². The molecule has 1 fully saturated rings. The molecular weight excluding hydrogens is 148 g/mol. The van der Waals surface area contributed by atoms with Gasteiger partial charge < -0.3 is 11.5 Å². The van der Waals surface area contributed by atoms with E-state index in [4.69, 9.17) is 11.5 Å². The highest BCUT2D eigenvalue weighted by Gasteiger charge is 2.26. The van der Waals surface area contributed by atoms with Gasteiger partial charge in [0.1, 0.15) is 0 Å². The van der Waals surface area contributed by atoms with Crippen LogP contribution in [0.4, 0.5) is 0 Å². The van der Waals surface area contributed by atoms with E-state index in [1.54, 1.807) is 0 Å². The molecule has 2 nitrogen and oxygen atoms in total. The Morgan fingerprint density at radius 2 is 1.92 bits per heavy atom. The molecule has 4 N–H and O–H groups in total. The van der Waals surface area contributed by atoms with E-state index in [2.05, 4.69) is 13.8 Å². The average molecular weight is 170 g/mol. The Labute approximate surface area is 75.7 Å². The molecule has 0 aliphatic heterocycles. The van der Waals surface area contributed by atoms with Gasteiger partial charge in [0.2, 0.25) is 0 Å². The van der Waals surface area contributed by atoms with Crippen LogP contribution in [-0.2, 0) is 0 Å². The molecule has 3 atom stereocenters. The second-order valence-corrected chi connectivity index (χ2v) is 4.63. The van der Waals surface area contributed by atoms with Crippen molar-refractivity contribution in [3.63, 3.8) is 0 Å². The van der Waals surface area contributed by atoms with Gasteiger partial charge in [-0.05, 0) is 37.5 Å². The number of hydrogen-bond donors (Lipinski definition) is 2. The van der Waals surface area contributed by atoms with Crippen LogP contribution in [0.5, 0.6) is 0 Å². The van der Waals surface area contributed by atoms with Crippen LogP contribution >= 0.6 is 0 Å². The molecule has 0 saturated heterocycles. The van der Waals surface area contributed by atoms with Crippen LogP contribution in [-0.4, -0.2) is 12.1 Å². The fourth-order valence-electron chi connectivity index (χ4n) is 2.20. The Bertz CT molecular complexity index is 132. The fraction of sp³-hybridized carbons (Fsp3) is 1.00. The van der Waals surface area contributed by atoms with Gasteiger partial charge in [0.05, 0.1) is 0 Å². The molecular formula is C10H22N2. The van der Waals surface area contributed by atoms with Crippen LogP contribution in [0.25, 0.3) is 0 Å². The van der Waals surface area contributed by atoms with Crippen molar-refractivity contribution in [3.05, 3.63) is 0 Å². The average Bonchev–Trinajstić information content (AvgIpc) is 1.96. The minimum atomic E-state index is 0.409. The zero-order valence-corrected chi connectivity index (χ0v) is 8.29. The first kappa shape index (κ1) is 10.0. The monoisotopic (exact) mass is 170 g/mol. The lowest BCUT2D eigenvalue weighted by Crippen LogP contribution is -2.41. The van der Waals surface area contributed by atoms with E-state index in [1.807, 2.05) is 0 Å². The molecule has 12 heavy (non-hydrogen) atoms. The van der Waals surface area contributed by atoms with E-state index in [0.717, 1.165) is 25.2 Å². The molecule has 1 rings (SSSR count). The van der Waals surface area contributed by atoms with Gasteiger partial charge in [-0.2, -0.15) is 0 Å². The van der Waals surface area contributed by atoms with Crippen LogP contribution in [0.15, 0.2) is 0 Å². The van der Waals surface area contributed by atoms with Crippen molar-refractivity contribution < 1.29 is 0 Å². The smallest absolute Gasteiger partial charge is 0.00684 e. The first-order chi connectivity index (χ1) is 5.59. The predicted molar refractivity (Wildman–Crippen MR) is 52.7 cm³/mol. The Morgan fingerprint density at radius 3 is 2.50 bits per heavy atom. The Kier molecular flexibility index (Phi) is 3.53. The van der Waals surface area contributed by atoms with Crippen LogP contribution in [0.2, 0.25) is 0 Å². The Hall–Kier alpha value is -0.0800. The molecule has 0 aromatic carbocycles. The number of nitrogens with two attached hydrogens (primary N) is 2. The minimum Gasteiger partial charge on any atom is -0.328 e.